The summed E-state index contributed by atoms with van der Waals surface area (Å²) >= 11 is 0. The predicted octanol–water partition coefficient (Wildman–Crippen LogP) is 2.49. The molecule has 0 saturated carbocycles. The van der Waals surface area contributed by atoms with E-state index in [0.29, 0.717) is 13.2 Å². The highest BCUT2D eigenvalue weighted by Gasteiger charge is 2.26. The van der Waals surface area contributed by atoms with Crippen LogP contribution in [0.25, 0.3) is 0 Å². The molecule has 0 spiro atoms. The van der Waals surface area contributed by atoms with Crippen molar-refractivity contribution in [2.75, 3.05) is 13.2 Å². The molecule has 1 unspecified atom stereocenters. The number of carbonyl (C=O) groups is 2. The van der Waals surface area contributed by atoms with Gasteiger partial charge in [0, 0.05) is 13.2 Å². The molecule has 116 valence electrons. The Bertz CT molecular complexity index is 294. The van der Waals surface area contributed by atoms with Gasteiger partial charge in [0.2, 0.25) is 6.10 Å². The second-order valence-corrected chi connectivity index (χ2v) is 5.42. The fourth-order valence-electron chi connectivity index (χ4n) is 2.41. The van der Waals surface area contributed by atoms with Gasteiger partial charge in [-0.2, -0.15) is 0 Å². The van der Waals surface area contributed by atoms with Gasteiger partial charge in [-0.3, -0.25) is 4.79 Å². The highest BCUT2D eigenvalue weighted by molar-refractivity contribution is 5.99. The van der Waals surface area contributed by atoms with Crippen LogP contribution in [0.4, 0.5) is 0 Å². The Hall–Kier alpha value is -1.10. The highest BCUT2D eigenvalue weighted by atomic mass is 16.5. The van der Waals surface area contributed by atoms with Crippen molar-refractivity contribution in [3.8, 4) is 0 Å². The van der Waals surface area contributed by atoms with Crippen molar-refractivity contribution < 1.29 is 19.4 Å². The number of hydrogen-bond donors (Lipinski definition) is 2. The monoisotopic (exact) mass is 285 g/mol. The Kier molecular flexibility index (Phi) is 9.04. The summed E-state index contributed by atoms with van der Waals surface area (Å²) in [6.07, 6.45) is 9.91. The molecule has 1 atom stereocenters. The summed E-state index contributed by atoms with van der Waals surface area (Å²) in [7, 11) is 0. The molecule has 1 rings (SSSR count). The van der Waals surface area contributed by atoms with E-state index in [4.69, 9.17) is 9.84 Å². The number of ether oxygens (including phenoxy) is 1. The van der Waals surface area contributed by atoms with Gasteiger partial charge < -0.3 is 15.2 Å². The van der Waals surface area contributed by atoms with Crippen LogP contribution in [0.3, 0.4) is 0 Å². The molecule has 1 aliphatic rings. The predicted molar refractivity (Wildman–Crippen MR) is 76.6 cm³/mol. The molecule has 1 aliphatic heterocycles. The van der Waals surface area contributed by atoms with Crippen LogP contribution in [0.2, 0.25) is 0 Å². The Balaban J connectivity index is 2.39. The number of nitrogens with one attached hydrogen (secondary N) is 1. The summed E-state index contributed by atoms with van der Waals surface area (Å²) in [6.45, 7) is 0.871. The number of carbonyl (C=O) groups excluding carboxylic acids is 1. The summed E-state index contributed by atoms with van der Waals surface area (Å²) in [5, 5.41) is 11.7. The molecule has 0 aromatic heterocycles. The van der Waals surface area contributed by atoms with Gasteiger partial charge >= 0.3 is 5.97 Å². The van der Waals surface area contributed by atoms with Crippen molar-refractivity contribution in [2.45, 2.75) is 70.3 Å². The molecule has 1 fully saturated rings. The summed E-state index contributed by atoms with van der Waals surface area (Å²) in [5.41, 5.74) is 0. The van der Waals surface area contributed by atoms with Crippen LogP contribution < -0.4 is 5.32 Å². The molecular weight excluding hydrogens is 258 g/mol. The van der Waals surface area contributed by atoms with Gasteiger partial charge in [0.1, 0.15) is 0 Å². The van der Waals surface area contributed by atoms with Crippen molar-refractivity contribution in [1.29, 1.82) is 0 Å². The van der Waals surface area contributed by atoms with Crippen molar-refractivity contribution in [3.05, 3.63) is 0 Å². The molecular formula is C15H27NO4. The molecule has 1 amide bonds. The summed E-state index contributed by atoms with van der Waals surface area (Å²) in [6, 6.07) is 0. The minimum absolute atomic E-state index is 0.338. The van der Waals surface area contributed by atoms with E-state index in [-0.39, 0.29) is 0 Å². The molecule has 2 N–H and O–H groups in total. The fraction of sp³-hybridized carbons (Fsp3) is 0.867. The van der Waals surface area contributed by atoms with Gasteiger partial charge in [-0.05, 0) is 12.8 Å². The third-order valence-electron chi connectivity index (χ3n) is 3.62. The molecule has 0 radical (unpaired) electrons. The van der Waals surface area contributed by atoms with Crippen molar-refractivity contribution in [3.63, 3.8) is 0 Å². The molecule has 1 saturated heterocycles. The topological polar surface area (TPSA) is 75.6 Å². The Labute approximate surface area is 121 Å². The Morgan fingerprint density at radius 3 is 2.00 bits per heavy atom. The minimum Gasteiger partial charge on any atom is -0.479 e. The largest absolute Gasteiger partial charge is 0.479 e. The lowest BCUT2D eigenvalue weighted by molar-refractivity contribution is -0.157. The number of amides is 1. The van der Waals surface area contributed by atoms with E-state index >= 15 is 0 Å². The van der Waals surface area contributed by atoms with Crippen LogP contribution in [0, 0.1) is 0 Å². The van der Waals surface area contributed by atoms with E-state index in [2.05, 4.69) is 5.32 Å². The van der Waals surface area contributed by atoms with Crippen molar-refractivity contribution in [2.24, 2.45) is 0 Å². The minimum atomic E-state index is -1.36. The standard InChI is InChI=1S/C15H27NO4/c17-14-13(15(18)19)20-12-10-8-6-4-2-1-3-5-7-9-11-16-14/h13H,1-12H2,(H,16,17)(H,18,19). The van der Waals surface area contributed by atoms with Crippen LogP contribution in [-0.4, -0.2) is 36.2 Å². The number of carboxylic acid groups (broad SMARTS) is 1. The average Bonchev–Trinajstić information content (AvgIpc) is 2.41. The average molecular weight is 285 g/mol. The first-order chi connectivity index (χ1) is 9.72. The Morgan fingerprint density at radius 1 is 0.950 bits per heavy atom. The normalized spacial score (nSPS) is 24.8. The lowest BCUT2D eigenvalue weighted by Gasteiger charge is -2.14. The Morgan fingerprint density at radius 2 is 1.45 bits per heavy atom. The quantitative estimate of drug-likeness (QED) is 0.726. The van der Waals surface area contributed by atoms with E-state index < -0.39 is 18.0 Å². The first-order valence-corrected chi connectivity index (χ1v) is 7.84. The number of carboxylic acids is 1. The summed E-state index contributed by atoms with van der Waals surface area (Å²) in [5.74, 6) is -1.73. The zero-order valence-corrected chi connectivity index (χ0v) is 12.2. The lowest BCUT2D eigenvalue weighted by atomic mass is 10.1. The fourth-order valence-corrected chi connectivity index (χ4v) is 2.41. The van der Waals surface area contributed by atoms with Crippen LogP contribution in [0.15, 0.2) is 0 Å². The maximum atomic E-state index is 11.7. The first-order valence-electron chi connectivity index (χ1n) is 7.84. The number of rotatable bonds is 1. The van der Waals surface area contributed by atoms with Crippen molar-refractivity contribution >= 4 is 11.9 Å². The maximum absolute atomic E-state index is 11.7. The van der Waals surface area contributed by atoms with E-state index in [1.807, 2.05) is 0 Å². The second-order valence-electron chi connectivity index (χ2n) is 5.42. The molecule has 20 heavy (non-hydrogen) atoms. The summed E-state index contributed by atoms with van der Waals surface area (Å²) < 4.78 is 5.20. The van der Waals surface area contributed by atoms with E-state index in [9.17, 15) is 9.59 Å². The molecule has 0 aromatic rings. The number of hydrogen-bond acceptors (Lipinski definition) is 3. The van der Waals surface area contributed by atoms with Crippen LogP contribution in [-0.2, 0) is 14.3 Å². The maximum Gasteiger partial charge on any atom is 0.342 e. The molecule has 5 heteroatoms. The number of aliphatic carboxylic acids is 1. The van der Waals surface area contributed by atoms with Gasteiger partial charge in [0.15, 0.2) is 0 Å². The van der Waals surface area contributed by atoms with Gasteiger partial charge in [-0.1, -0.05) is 51.4 Å². The van der Waals surface area contributed by atoms with E-state index in [1.54, 1.807) is 0 Å². The molecule has 0 aromatic carbocycles. The van der Waals surface area contributed by atoms with Crippen LogP contribution in [0.5, 0.6) is 0 Å². The van der Waals surface area contributed by atoms with Gasteiger partial charge in [-0.15, -0.1) is 0 Å². The lowest BCUT2D eigenvalue weighted by Crippen LogP contribution is -2.42. The summed E-state index contributed by atoms with van der Waals surface area (Å²) in [4.78, 5) is 22.8. The molecule has 1 heterocycles. The zero-order valence-electron chi connectivity index (χ0n) is 12.2. The third-order valence-corrected chi connectivity index (χ3v) is 3.62. The van der Waals surface area contributed by atoms with E-state index in [0.717, 1.165) is 32.1 Å². The smallest absolute Gasteiger partial charge is 0.342 e. The van der Waals surface area contributed by atoms with Gasteiger partial charge in [0.05, 0.1) is 0 Å². The third kappa shape index (κ3) is 7.48. The van der Waals surface area contributed by atoms with Crippen LogP contribution >= 0.6 is 0 Å². The van der Waals surface area contributed by atoms with Gasteiger partial charge in [-0.25, -0.2) is 4.79 Å². The van der Waals surface area contributed by atoms with Gasteiger partial charge in [0.25, 0.3) is 5.91 Å². The molecule has 0 aliphatic carbocycles. The van der Waals surface area contributed by atoms with Crippen LogP contribution in [0.1, 0.15) is 64.2 Å². The van der Waals surface area contributed by atoms with Crippen molar-refractivity contribution in [1.82, 2.24) is 5.32 Å². The van der Waals surface area contributed by atoms with E-state index in [1.165, 1.54) is 32.1 Å². The zero-order chi connectivity index (χ0) is 14.6. The SMILES string of the molecule is O=C(O)C1OCCCCCCCCCCCCNC1=O. The molecule has 5 nitrogen and oxygen atoms in total. The first kappa shape index (κ1) is 17.0. The highest BCUT2D eigenvalue weighted by Crippen LogP contribution is 2.11. The molecule has 0 bridgehead atoms. The second kappa shape index (κ2) is 10.7.